The summed E-state index contributed by atoms with van der Waals surface area (Å²) in [4.78, 5) is 23.7. The van der Waals surface area contributed by atoms with Gasteiger partial charge in [0.25, 0.3) is 5.70 Å². The highest BCUT2D eigenvalue weighted by Gasteiger charge is 2.43. The molecule has 0 spiro atoms. The highest BCUT2D eigenvalue weighted by molar-refractivity contribution is 7.11. The average Bonchev–Trinajstić information content (AvgIpc) is 3.07. The van der Waals surface area contributed by atoms with Gasteiger partial charge in [0.2, 0.25) is 0 Å². The van der Waals surface area contributed by atoms with E-state index in [0.29, 0.717) is 4.88 Å². The Morgan fingerprint density at radius 3 is 2.69 bits per heavy atom. The smallest absolute Gasteiger partial charge is 0.334 e. The molecular formula is C17H12ClFN2O4S. The van der Waals surface area contributed by atoms with Crippen molar-refractivity contribution in [3.8, 4) is 0 Å². The molecule has 3 rings (SSSR count). The monoisotopic (exact) mass is 394 g/mol. The number of nitrogens with one attached hydrogen (secondary N) is 1. The van der Waals surface area contributed by atoms with E-state index in [1.54, 1.807) is 17.5 Å². The normalized spacial score (nSPS) is 17.3. The summed E-state index contributed by atoms with van der Waals surface area (Å²) >= 11 is 7.38. The molecule has 134 valence electrons. The van der Waals surface area contributed by atoms with Crippen molar-refractivity contribution in [2.45, 2.75) is 12.8 Å². The van der Waals surface area contributed by atoms with Crippen LogP contribution in [0.4, 0.5) is 4.39 Å². The summed E-state index contributed by atoms with van der Waals surface area (Å²) in [5.74, 6) is -3.17. The zero-order valence-corrected chi connectivity index (χ0v) is 14.9. The van der Waals surface area contributed by atoms with Gasteiger partial charge in [0, 0.05) is 10.7 Å². The summed E-state index contributed by atoms with van der Waals surface area (Å²) in [6.07, 6.45) is 0. The fraction of sp³-hybridized carbons (Fsp3) is 0.118. The molecule has 6 nitrogen and oxygen atoms in total. The molecule has 26 heavy (non-hydrogen) atoms. The maximum Gasteiger partial charge on any atom is 0.334 e. The molecule has 1 aliphatic rings. The van der Waals surface area contributed by atoms with Gasteiger partial charge in [-0.15, -0.1) is 11.3 Å². The van der Waals surface area contributed by atoms with Crippen molar-refractivity contribution in [3.63, 3.8) is 0 Å². The molecule has 0 saturated heterocycles. The first-order chi connectivity index (χ1) is 12.3. The number of hydrogen-bond donors (Lipinski definition) is 2. The van der Waals surface area contributed by atoms with Crippen LogP contribution in [-0.2, 0) is 4.79 Å². The van der Waals surface area contributed by atoms with Crippen LogP contribution in [0.15, 0.2) is 52.7 Å². The number of carboxylic acid groups (broad SMARTS) is 1. The Kier molecular flexibility index (Phi) is 4.80. The predicted molar refractivity (Wildman–Crippen MR) is 95.9 cm³/mol. The minimum Gasteiger partial charge on any atom is -0.478 e. The molecule has 1 atom stereocenters. The standard InChI is InChI=1S/C17H12ClFN2O4S/c1-8-13(17(22)23)14(10-5-4-9(19)7-11(10)18)16(21(24)25)15(20-8)12-3-2-6-26-12/h2-7,14,20H,1H3,(H,22,23). The minimum absolute atomic E-state index is 0.0756. The van der Waals surface area contributed by atoms with Crippen LogP contribution in [-0.4, -0.2) is 16.0 Å². The van der Waals surface area contributed by atoms with Gasteiger partial charge in [0.05, 0.1) is 15.4 Å². The van der Waals surface area contributed by atoms with Crippen molar-refractivity contribution in [2.75, 3.05) is 0 Å². The molecule has 2 aromatic rings. The third-order valence-corrected chi connectivity index (χ3v) is 5.22. The topological polar surface area (TPSA) is 92.5 Å². The number of benzene rings is 1. The van der Waals surface area contributed by atoms with E-state index in [4.69, 9.17) is 11.6 Å². The zero-order chi connectivity index (χ0) is 19.0. The molecule has 0 saturated carbocycles. The summed E-state index contributed by atoms with van der Waals surface area (Å²) in [6, 6.07) is 6.81. The number of rotatable bonds is 4. The van der Waals surface area contributed by atoms with Gasteiger partial charge in [-0.05, 0) is 36.1 Å². The van der Waals surface area contributed by atoms with Gasteiger partial charge in [-0.25, -0.2) is 9.18 Å². The van der Waals surface area contributed by atoms with Crippen molar-refractivity contribution in [3.05, 3.63) is 84.1 Å². The highest BCUT2D eigenvalue weighted by Crippen LogP contribution is 2.43. The van der Waals surface area contributed by atoms with Gasteiger partial charge in [-0.2, -0.15) is 0 Å². The molecule has 1 aromatic carbocycles. The summed E-state index contributed by atoms with van der Waals surface area (Å²) in [5.41, 5.74) is 0.0799. The Bertz CT molecular complexity index is 969. The van der Waals surface area contributed by atoms with Crippen LogP contribution >= 0.6 is 22.9 Å². The second-order valence-corrected chi connectivity index (χ2v) is 6.92. The molecule has 2 heterocycles. The number of nitro groups is 1. The van der Waals surface area contributed by atoms with E-state index in [1.807, 2.05) is 0 Å². The van der Waals surface area contributed by atoms with Gasteiger partial charge in [-0.1, -0.05) is 23.7 Å². The largest absolute Gasteiger partial charge is 0.478 e. The number of aliphatic carboxylic acids is 1. The quantitative estimate of drug-likeness (QED) is 0.598. The summed E-state index contributed by atoms with van der Waals surface area (Å²) in [5, 5.41) is 26.0. The van der Waals surface area contributed by atoms with E-state index in [0.717, 1.165) is 12.1 Å². The van der Waals surface area contributed by atoms with Gasteiger partial charge >= 0.3 is 5.97 Å². The number of thiophene rings is 1. The van der Waals surface area contributed by atoms with Crippen molar-refractivity contribution >= 4 is 34.6 Å². The number of halogens is 2. The lowest BCUT2D eigenvalue weighted by molar-refractivity contribution is -0.428. The number of allylic oxidation sites excluding steroid dienone is 2. The lowest BCUT2D eigenvalue weighted by Crippen LogP contribution is -2.31. The molecular weight excluding hydrogens is 383 g/mol. The first-order valence-corrected chi connectivity index (χ1v) is 8.65. The Morgan fingerprint density at radius 2 is 2.15 bits per heavy atom. The molecule has 0 fully saturated rings. The van der Waals surface area contributed by atoms with Crippen LogP contribution in [0.25, 0.3) is 5.70 Å². The molecule has 0 amide bonds. The van der Waals surface area contributed by atoms with Crippen LogP contribution in [0.2, 0.25) is 5.02 Å². The van der Waals surface area contributed by atoms with Crippen LogP contribution in [0.5, 0.6) is 0 Å². The molecule has 2 N–H and O–H groups in total. The van der Waals surface area contributed by atoms with Crippen LogP contribution in [0, 0.1) is 15.9 Å². The zero-order valence-electron chi connectivity index (χ0n) is 13.3. The van der Waals surface area contributed by atoms with Crippen molar-refractivity contribution < 1.29 is 19.2 Å². The fourth-order valence-electron chi connectivity index (χ4n) is 2.94. The summed E-state index contributed by atoms with van der Waals surface area (Å²) in [7, 11) is 0. The molecule has 1 aliphatic heterocycles. The average molecular weight is 395 g/mol. The fourth-order valence-corrected chi connectivity index (χ4v) is 3.95. The molecule has 0 bridgehead atoms. The number of hydrogen-bond acceptors (Lipinski definition) is 5. The Labute approximate surface area is 156 Å². The second kappa shape index (κ2) is 6.89. The van der Waals surface area contributed by atoms with Crippen LogP contribution in [0.1, 0.15) is 23.3 Å². The third kappa shape index (κ3) is 3.09. The molecule has 0 radical (unpaired) electrons. The first kappa shape index (κ1) is 18.1. The lowest BCUT2D eigenvalue weighted by atomic mass is 9.83. The predicted octanol–water partition coefficient (Wildman–Crippen LogP) is 4.23. The van der Waals surface area contributed by atoms with E-state index in [1.165, 1.54) is 24.3 Å². The van der Waals surface area contributed by atoms with Crippen LogP contribution in [0.3, 0.4) is 0 Å². The maximum absolute atomic E-state index is 13.4. The summed E-state index contributed by atoms with van der Waals surface area (Å²) < 4.78 is 13.4. The van der Waals surface area contributed by atoms with Gasteiger partial charge in [0.1, 0.15) is 17.4 Å². The number of nitrogens with zero attached hydrogens (tertiary/aromatic N) is 1. The molecule has 0 aliphatic carbocycles. The number of carboxylic acids is 1. The number of dihydropyridines is 1. The molecule has 1 aromatic heterocycles. The van der Waals surface area contributed by atoms with E-state index in [-0.39, 0.29) is 33.3 Å². The Morgan fingerprint density at radius 1 is 1.42 bits per heavy atom. The number of carbonyl (C=O) groups is 1. The third-order valence-electron chi connectivity index (χ3n) is 4.00. The van der Waals surface area contributed by atoms with E-state index in [2.05, 4.69) is 5.32 Å². The Balaban J connectivity index is 2.33. The first-order valence-electron chi connectivity index (χ1n) is 7.39. The van der Waals surface area contributed by atoms with Crippen molar-refractivity contribution in [2.24, 2.45) is 0 Å². The van der Waals surface area contributed by atoms with E-state index >= 15 is 0 Å². The van der Waals surface area contributed by atoms with Gasteiger partial charge in [0.15, 0.2) is 0 Å². The minimum atomic E-state index is -1.31. The molecule has 9 heteroatoms. The van der Waals surface area contributed by atoms with Gasteiger partial charge in [-0.3, -0.25) is 10.1 Å². The SMILES string of the molecule is CC1=C(C(=O)O)C(c2ccc(F)cc2Cl)C([N+](=O)[O-])=C(c2cccs2)N1. The van der Waals surface area contributed by atoms with Crippen molar-refractivity contribution in [1.82, 2.24) is 5.32 Å². The maximum atomic E-state index is 13.4. The highest BCUT2D eigenvalue weighted by atomic mass is 35.5. The van der Waals surface area contributed by atoms with E-state index in [9.17, 15) is 24.4 Å². The van der Waals surface area contributed by atoms with Crippen molar-refractivity contribution in [1.29, 1.82) is 0 Å². The Hall–Kier alpha value is -2.71. The second-order valence-electron chi connectivity index (χ2n) is 5.56. The van der Waals surface area contributed by atoms with E-state index < -0.39 is 22.6 Å². The van der Waals surface area contributed by atoms with Crippen LogP contribution < -0.4 is 5.32 Å². The lowest BCUT2D eigenvalue weighted by Gasteiger charge is -2.26. The summed E-state index contributed by atoms with van der Waals surface area (Å²) in [6.45, 7) is 1.53. The van der Waals surface area contributed by atoms with Gasteiger partial charge < -0.3 is 10.4 Å². The molecule has 1 unspecified atom stereocenters.